The Bertz CT molecular complexity index is 404. The third kappa shape index (κ3) is 2.70. The maximum atomic E-state index is 9.93. The van der Waals surface area contributed by atoms with E-state index in [0.29, 0.717) is 19.6 Å². The van der Waals surface area contributed by atoms with Crippen molar-refractivity contribution in [3.05, 3.63) is 23.8 Å². The molecule has 4 nitrogen and oxygen atoms in total. The molecule has 1 aliphatic rings. The lowest BCUT2D eigenvalue weighted by molar-refractivity contribution is 0.0520. The number of hydrogen-bond acceptors (Lipinski definition) is 4. The summed E-state index contributed by atoms with van der Waals surface area (Å²) < 4.78 is 5.49. The summed E-state index contributed by atoms with van der Waals surface area (Å²) in [5.74, 6) is 0.934. The van der Waals surface area contributed by atoms with Gasteiger partial charge in [-0.25, -0.2) is 0 Å². The first-order valence-corrected chi connectivity index (χ1v) is 5.93. The molecular weight excluding hydrogens is 218 g/mol. The van der Waals surface area contributed by atoms with Gasteiger partial charge in [-0.05, 0) is 25.5 Å². The van der Waals surface area contributed by atoms with Crippen molar-refractivity contribution in [2.45, 2.75) is 31.9 Å². The van der Waals surface area contributed by atoms with Gasteiger partial charge in [-0.2, -0.15) is 0 Å². The molecule has 0 amide bonds. The van der Waals surface area contributed by atoms with Crippen LogP contribution in [0.4, 0.5) is 0 Å². The molecule has 0 saturated carbocycles. The number of hydrogen-bond donors (Lipinski definition) is 3. The number of ether oxygens (including phenoxy) is 1. The molecule has 0 aromatic heterocycles. The summed E-state index contributed by atoms with van der Waals surface area (Å²) in [4.78, 5) is 0. The Hall–Kier alpha value is -1.26. The predicted octanol–water partition coefficient (Wildman–Crippen LogP) is 1.58. The second-order valence-corrected chi connectivity index (χ2v) is 4.82. The van der Waals surface area contributed by atoms with Gasteiger partial charge in [0.25, 0.3) is 0 Å². The zero-order valence-electron chi connectivity index (χ0n) is 10.2. The van der Waals surface area contributed by atoms with E-state index in [-0.39, 0.29) is 11.8 Å². The lowest BCUT2D eigenvalue weighted by Gasteiger charge is -2.23. The van der Waals surface area contributed by atoms with Gasteiger partial charge < -0.3 is 20.3 Å². The number of fused-ring (bicyclic) bond motifs is 1. The fourth-order valence-corrected chi connectivity index (χ4v) is 1.84. The minimum absolute atomic E-state index is 0.0867. The van der Waals surface area contributed by atoms with Crippen LogP contribution >= 0.6 is 0 Å². The van der Waals surface area contributed by atoms with E-state index in [0.717, 1.165) is 11.3 Å². The molecule has 0 fully saturated rings. The molecular formula is C13H19NO3. The van der Waals surface area contributed by atoms with Gasteiger partial charge in [0.1, 0.15) is 18.1 Å². The highest BCUT2D eigenvalue weighted by molar-refractivity contribution is 5.44. The summed E-state index contributed by atoms with van der Waals surface area (Å²) in [7, 11) is 0. The van der Waals surface area contributed by atoms with Crippen LogP contribution in [0.3, 0.4) is 0 Å². The first-order chi connectivity index (χ1) is 8.02. The van der Waals surface area contributed by atoms with Crippen LogP contribution in [0.25, 0.3) is 0 Å². The zero-order chi connectivity index (χ0) is 12.5. The third-order valence-electron chi connectivity index (χ3n) is 3.27. The molecule has 2 unspecified atom stereocenters. The Balaban J connectivity index is 2.03. The third-order valence-corrected chi connectivity index (χ3v) is 3.27. The highest BCUT2D eigenvalue weighted by Gasteiger charge is 2.26. The summed E-state index contributed by atoms with van der Waals surface area (Å²) >= 11 is 0. The quantitative estimate of drug-likeness (QED) is 0.744. The van der Waals surface area contributed by atoms with E-state index >= 15 is 0 Å². The largest absolute Gasteiger partial charge is 0.508 e. The Kier molecular flexibility index (Phi) is 3.26. The minimum atomic E-state index is -0.695. The number of phenolic OH excluding ortho intramolecular Hbond substituents is 1. The monoisotopic (exact) mass is 237 g/mol. The topological polar surface area (TPSA) is 61.7 Å². The van der Waals surface area contributed by atoms with Gasteiger partial charge >= 0.3 is 0 Å². The number of rotatable bonds is 4. The number of phenols is 1. The number of nitrogens with one attached hydrogen (secondary N) is 1. The molecule has 0 saturated heterocycles. The van der Waals surface area contributed by atoms with E-state index in [1.54, 1.807) is 12.1 Å². The molecule has 3 N–H and O–H groups in total. The first-order valence-electron chi connectivity index (χ1n) is 5.93. The molecule has 0 radical (unpaired) electrons. The van der Waals surface area contributed by atoms with Crippen LogP contribution in [-0.4, -0.2) is 29.0 Å². The van der Waals surface area contributed by atoms with E-state index in [1.165, 1.54) is 0 Å². The molecule has 4 heteroatoms. The second kappa shape index (κ2) is 4.55. The van der Waals surface area contributed by atoms with Crippen molar-refractivity contribution in [1.82, 2.24) is 5.32 Å². The first kappa shape index (κ1) is 12.2. The van der Waals surface area contributed by atoms with Gasteiger partial charge in [0.15, 0.2) is 0 Å². The Morgan fingerprint density at radius 2 is 2.29 bits per heavy atom. The van der Waals surface area contributed by atoms with Crippen LogP contribution in [0.5, 0.6) is 11.5 Å². The van der Waals surface area contributed by atoms with E-state index < -0.39 is 5.60 Å². The standard InChI is InChI=1S/C13H19NO3/c1-3-13(2,16)8-14-11-7-17-12-6-9(15)4-5-10(11)12/h4-6,11,14-16H,3,7-8H2,1-2H3. The highest BCUT2D eigenvalue weighted by atomic mass is 16.5. The van der Waals surface area contributed by atoms with Crippen molar-refractivity contribution in [2.75, 3.05) is 13.2 Å². The molecule has 1 aromatic carbocycles. The summed E-state index contributed by atoms with van der Waals surface area (Å²) in [5.41, 5.74) is 0.342. The lowest BCUT2D eigenvalue weighted by Crippen LogP contribution is -2.39. The molecule has 0 bridgehead atoms. The molecule has 2 atom stereocenters. The minimum Gasteiger partial charge on any atom is -0.508 e. The van der Waals surface area contributed by atoms with Gasteiger partial charge in [-0.15, -0.1) is 0 Å². The highest BCUT2D eigenvalue weighted by Crippen LogP contribution is 2.34. The normalized spacial score (nSPS) is 21.7. The molecule has 0 spiro atoms. The number of aliphatic hydroxyl groups is 1. The molecule has 17 heavy (non-hydrogen) atoms. The number of benzene rings is 1. The van der Waals surface area contributed by atoms with Gasteiger partial charge in [-0.1, -0.05) is 6.92 Å². The van der Waals surface area contributed by atoms with Crippen LogP contribution in [-0.2, 0) is 0 Å². The zero-order valence-corrected chi connectivity index (χ0v) is 10.2. The van der Waals surface area contributed by atoms with Crippen LogP contribution in [0.2, 0.25) is 0 Å². The van der Waals surface area contributed by atoms with E-state index in [1.807, 2.05) is 19.9 Å². The van der Waals surface area contributed by atoms with Gasteiger partial charge in [0, 0.05) is 18.2 Å². The maximum Gasteiger partial charge on any atom is 0.127 e. The molecule has 94 valence electrons. The molecule has 1 aromatic rings. The molecule has 2 rings (SSSR count). The fourth-order valence-electron chi connectivity index (χ4n) is 1.84. The Morgan fingerprint density at radius 3 is 3.00 bits per heavy atom. The van der Waals surface area contributed by atoms with Crippen molar-refractivity contribution in [2.24, 2.45) is 0 Å². The van der Waals surface area contributed by atoms with Crippen molar-refractivity contribution in [1.29, 1.82) is 0 Å². The van der Waals surface area contributed by atoms with Crippen LogP contribution in [0.1, 0.15) is 31.9 Å². The maximum absolute atomic E-state index is 9.93. The van der Waals surface area contributed by atoms with Crippen molar-refractivity contribution in [3.8, 4) is 11.5 Å². The van der Waals surface area contributed by atoms with Crippen molar-refractivity contribution >= 4 is 0 Å². The molecule has 1 aliphatic heterocycles. The van der Waals surface area contributed by atoms with Gasteiger partial charge in [0.2, 0.25) is 0 Å². The Morgan fingerprint density at radius 1 is 1.53 bits per heavy atom. The lowest BCUT2D eigenvalue weighted by atomic mass is 10.0. The van der Waals surface area contributed by atoms with Gasteiger partial charge in [-0.3, -0.25) is 0 Å². The fraction of sp³-hybridized carbons (Fsp3) is 0.538. The van der Waals surface area contributed by atoms with Crippen LogP contribution < -0.4 is 10.1 Å². The van der Waals surface area contributed by atoms with E-state index in [9.17, 15) is 10.2 Å². The van der Waals surface area contributed by atoms with Crippen molar-refractivity contribution < 1.29 is 14.9 Å². The molecule has 0 aliphatic carbocycles. The summed E-state index contributed by atoms with van der Waals surface area (Å²) in [6.07, 6.45) is 0.704. The van der Waals surface area contributed by atoms with E-state index in [4.69, 9.17) is 4.74 Å². The number of aromatic hydroxyl groups is 1. The average Bonchev–Trinajstić information content (AvgIpc) is 2.69. The predicted molar refractivity (Wildman–Crippen MR) is 65.3 cm³/mol. The van der Waals surface area contributed by atoms with Crippen LogP contribution in [0, 0.1) is 0 Å². The SMILES string of the molecule is CCC(C)(O)CNC1COc2cc(O)ccc21. The summed E-state index contributed by atoms with van der Waals surface area (Å²) in [6, 6.07) is 5.22. The average molecular weight is 237 g/mol. The van der Waals surface area contributed by atoms with Crippen molar-refractivity contribution in [3.63, 3.8) is 0 Å². The Labute approximate surface area is 101 Å². The summed E-state index contributed by atoms with van der Waals surface area (Å²) in [6.45, 7) is 4.84. The van der Waals surface area contributed by atoms with Gasteiger partial charge in [0.05, 0.1) is 11.6 Å². The smallest absolute Gasteiger partial charge is 0.127 e. The van der Waals surface area contributed by atoms with E-state index in [2.05, 4.69) is 5.32 Å². The second-order valence-electron chi connectivity index (χ2n) is 4.82. The van der Waals surface area contributed by atoms with Crippen LogP contribution in [0.15, 0.2) is 18.2 Å². The summed E-state index contributed by atoms with van der Waals surface area (Å²) in [5, 5.41) is 22.6. The molecule has 1 heterocycles.